The average Bonchev–Trinajstić information content (AvgIpc) is 2.66. The van der Waals surface area contributed by atoms with Crippen molar-refractivity contribution < 1.29 is 34.2 Å². The van der Waals surface area contributed by atoms with E-state index in [4.69, 9.17) is 16.6 Å². The van der Waals surface area contributed by atoms with Crippen molar-refractivity contribution in [2.75, 3.05) is 6.61 Å². The van der Waals surface area contributed by atoms with E-state index in [0.717, 1.165) is 0 Å². The van der Waals surface area contributed by atoms with Crippen molar-refractivity contribution in [1.29, 1.82) is 0 Å². The van der Waals surface area contributed by atoms with E-state index in [0.29, 0.717) is 6.42 Å². The molecule has 12 heteroatoms. The highest BCUT2D eigenvalue weighted by Crippen LogP contribution is 2.09. The second-order valence-corrected chi connectivity index (χ2v) is 6.80. The maximum absolute atomic E-state index is 12.5. The Kier molecular flexibility index (Phi) is 11.5. The first-order valence-corrected chi connectivity index (χ1v) is 9.23. The van der Waals surface area contributed by atoms with Gasteiger partial charge >= 0.3 is 5.97 Å². The third kappa shape index (κ3) is 9.34. The summed E-state index contributed by atoms with van der Waals surface area (Å²) in [4.78, 5) is 59.0. The van der Waals surface area contributed by atoms with Crippen LogP contribution in [0.25, 0.3) is 0 Å². The van der Waals surface area contributed by atoms with Gasteiger partial charge in [0.2, 0.25) is 23.6 Å². The molecule has 5 atom stereocenters. The number of hydrogen-bond acceptors (Lipinski definition) is 7. The van der Waals surface area contributed by atoms with Crippen LogP contribution in [0.15, 0.2) is 0 Å². The van der Waals surface area contributed by atoms with Gasteiger partial charge in [0.15, 0.2) is 0 Å². The minimum absolute atomic E-state index is 0.156. The molecule has 0 spiro atoms. The zero-order valence-electron chi connectivity index (χ0n) is 16.8. The van der Waals surface area contributed by atoms with Gasteiger partial charge in [-0.3, -0.25) is 19.2 Å². The fourth-order valence-electron chi connectivity index (χ4n) is 2.26. The SMILES string of the molecule is CCC(C)C(NC(=O)C(CCC(N)=O)NC(=O)C(C)NC(=O)C(N)CO)C(=O)O. The van der Waals surface area contributed by atoms with Crippen molar-refractivity contribution >= 4 is 29.6 Å². The number of carbonyl (C=O) groups is 5. The Morgan fingerprint density at radius 2 is 1.55 bits per heavy atom. The van der Waals surface area contributed by atoms with E-state index in [-0.39, 0.29) is 18.8 Å². The van der Waals surface area contributed by atoms with Gasteiger partial charge in [0.05, 0.1) is 6.61 Å². The van der Waals surface area contributed by atoms with E-state index in [1.165, 1.54) is 6.92 Å². The maximum atomic E-state index is 12.5. The summed E-state index contributed by atoms with van der Waals surface area (Å²) in [5.41, 5.74) is 10.4. The molecule has 0 aromatic heterocycles. The van der Waals surface area contributed by atoms with E-state index in [9.17, 15) is 29.1 Å². The minimum atomic E-state index is -1.24. The number of nitrogens with one attached hydrogen (secondary N) is 3. The molecule has 12 nitrogen and oxygen atoms in total. The van der Waals surface area contributed by atoms with Gasteiger partial charge in [-0.15, -0.1) is 0 Å². The molecular formula is C17H31N5O7. The van der Waals surface area contributed by atoms with Gasteiger partial charge in [0.1, 0.15) is 24.2 Å². The number of carboxylic acid groups (broad SMARTS) is 1. The summed E-state index contributed by atoms with van der Waals surface area (Å²) in [6.45, 7) is 4.13. The van der Waals surface area contributed by atoms with Crippen LogP contribution in [0, 0.1) is 5.92 Å². The summed E-state index contributed by atoms with van der Waals surface area (Å²) in [5.74, 6) is -4.63. The highest BCUT2D eigenvalue weighted by Gasteiger charge is 2.31. The monoisotopic (exact) mass is 417 g/mol. The van der Waals surface area contributed by atoms with Crippen molar-refractivity contribution in [2.45, 2.75) is 64.2 Å². The first-order valence-electron chi connectivity index (χ1n) is 9.23. The van der Waals surface area contributed by atoms with Gasteiger partial charge in [-0.25, -0.2) is 4.79 Å². The molecule has 166 valence electrons. The molecule has 0 aromatic carbocycles. The van der Waals surface area contributed by atoms with E-state index >= 15 is 0 Å². The van der Waals surface area contributed by atoms with Gasteiger partial charge in [-0.1, -0.05) is 20.3 Å². The molecule has 9 N–H and O–H groups in total. The summed E-state index contributed by atoms with van der Waals surface area (Å²) < 4.78 is 0. The minimum Gasteiger partial charge on any atom is -0.480 e. The normalized spacial score (nSPS) is 15.9. The molecule has 0 aromatic rings. The first kappa shape index (κ1) is 26.3. The second kappa shape index (κ2) is 12.7. The van der Waals surface area contributed by atoms with E-state index in [1.807, 2.05) is 0 Å². The maximum Gasteiger partial charge on any atom is 0.326 e. The quantitative estimate of drug-likeness (QED) is 0.165. The fourth-order valence-corrected chi connectivity index (χ4v) is 2.26. The van der Waals surface area contributed by atoms with Crippen LogP contribution in [-0.2, 0) is 24.0 Å². The Morgan fingerprint density at radius 3 is 2.00 bits per heavy atom. The Labute approximate surface area is 168 Å². The smallest absolute Gasteiger partial charge is 0.326 e. The topological polar surface area (TPSA) is 214 Å². The van der Waals surface area contributed by atoms with Gasteiger partial charge in [-0.05, 0) is 19.3 Å². The molecule has 0 bridgehead atoms. The molecule has 29 heavy (non-hydrogen) atoms. The number of carboxylic acids is 1. The number of amides is 4. The average molecular weight is 417 g/mol. The lowest BCUT2D eigenvalue weighted by Gasteiger charge is -2.25. The highest BCUT2D eigenvalue weighted by atomic mass is 16.4. The molecule has 0 radical (unpaired) electrons. The second-order valence-electron chi connectivity index (χ2n) is 6.80. The molecule has 0 fully saturated rings. The lowest BCUT2D eigenvalue weighted by Crippen LogP contribution is -2.57. The van der Waals surface area contributed by atoms with Gasteiger partial charge < -0.3 is 37.6 Å². The Hall–Kier alpha value is -2.73. The summed E-state index contributed by atoms with van der Waals surface area (Å²) in [5, 5.41) is 25.2. The number of hydrogen-bond donors (Lipinski definition) is 7. The first-order chi connectivity index (χ1) is 13.4. The van der Waals surface area contributed by atoms with E-state index in [1.54, 1.807) is 13.8 Å². The van der Waals surface area contributed by atoms with Gasteiger partial charge in [0, 0.05) is 6.42 Å². The molecule has 0 saturated carbocycles. The zero-order valence-corrected chi connectivity index (χ0v) is 16.8. The Balaban J connectivity index is 5.22. The zero-order chi connectivity index (χ0) is 22.7. The van der Waals surface area contributed by atoms with Crippen molar-refractivity contribution in [3.63, 3.8) is 0 Å². The number of carbonyl (C=O) groups excluding carboxylic acids is 4. The van der Waals surface area contributed by atoms with Gasteiger partial charge in [0.25, 0.3) is 0 Å². The third-order valence-electron chi connectivity index (χ3n) is 4.37. The van der Waals surface area contributed by atoms with Crippen molar-refractivity contribution in [3.8, 4) is 0 Å². The molecule has 0 saturated heterocycles. The van der Waals surface area contributed by atoms with Crippen molar-refractivity contribution in [1.82, 2.24) is 16.0 Å². The number of primary amides is 1. The molecule has 0 aliphatic rings. The van der Waals surface area contributed by atoms with Crippen LogP contribution >= 0.6 is 0 Å². The lowest BCUT2D eigenvalue weighted by atomic mass is 9.98. The molecule has 0 aliphatic carbocycles. The van der Waals surface area contributed by atoms with Crippen LogP contribution in [0.5, 0.6) is 0 Å². The Bertz CT molecular complexity index is 613. The molecule has 0 heterocycles. The van der Waals surface area contributed by atoms with E-state index in [2.05, 4.69) is 16.0 Å². The summed E-state index contributed by atoms with van der Waals surface area (Å²) >= 11 is 0. The van der Waals surface area contributed by atoms with E-state index < -0.39 is 60.4 Å². The predicted molar refractivity (Wildman–Crippen MR) is 102 cm³/mol. The highest BCUT2D eigenvalue weighted by molar-refractivity contribution is 5.94. The number of nitrogens with two attached hydrogens (primary N) is 2. The van der Waals surface area contributed by atoms with Gasteiger partial charge in [-0.2, -0.15) is 0 Å². The predicted octanol–water partition coefficient (Wildman–Crippen LogP) is -2.82. The number of aliphatic carboxylic acids is 1. The van der Waals surface area contributed by atoms with Crippen LogP contribution in [0.3, 0.4) is 0 Å². The Morgan fingerprint density at radius 1 is 0.966 bits per heavy atom. The van der Waals surface area contributed by atoms with Crippen LogP contribution in [-0.4, -0.2) is 70.6 Å². The van der Waals surface area contributed by atoms with Crippen LogP contribution < -0.4 is 27.4 Å². The molecule has 4 amide bonds. The molecule has 0 aliphatic heterocycles. The molecule has 0 rings (SSSR count). The molecule has 5 unspecified atom stereocenters. The summed E-state index contributed by atoms with van der Waals surface area (Å²) in [7, 11) is 0. The number of rotatable bonds is 13. The standard InChI is InChI=1S/C17H31N5O7/c1-4-8(2)13(17(28)29)22-16(27)11(5-6-12(19)24)21-14(25)9(3)20-15(26)10(18)7-23/h8-11,13,23H,4-7,18H2,1-3H3,(H2,19,24)(H,20,26)(H,21,25)(H,22,27)(H,28,29). The number of aliphatic hydroxyl groups excluding tert-OH is 1. The fraction of sp³-hybridized carbons (Fsp3) is 0.706. The number of aliphatic hydroxyl groups is 1. The lowest BCUT2D eigenvalue weighted by molar-refractivity contribution is -0.144. The van der Waals surface area contributed by atoms with Crippen LogP contribution in [0.1, 0.15) is 40.0 Å². The van der Waals surface area contributed by atoms with Crippen molar-refractivity contribution in [2.24, 2.45) is 17.4 Å². The summed E-state index contributed by atoms with van der Waals surface area (Å²) in [6.07, 6.45) is 0.107. The summed E-state index contributed by atoms with van der Waals surface area (Å²) in [6, 6.07) is -4.74. The van der Waals surface area contributed by atoms with Crippen molar-refractivity contribution in [3.05, 3.63) is 0 Å². The third-order valence-corrected chi connectivity index (χ3v) is 4.37. The molecular weight excluding hydrogens is 386 g/mol. The van der Waals surface area contributed by atoms with Crippen LogP contribution in [0.4, 0.5) is 0 Å². The van der Waals surface area contributed by atoms with Crippen LogP contribution in [0.2, 0.25) is 0 Å². The largest absolute Gasteiger partial charge is 0.480 e.